The highest BCUT2D eigenvalue weighted by atomic mass is 79.9. The van der Waals surface area contributed by atoms with Crippen LogP contribution in [0.15, 0.2) is 45.6 Å². The molecular formula is C12H10BrClS. The average Bonchev–Trinajstić information content (AvgIpc) is 2.70. The summed E-state index contributed by atoms with van der Waals surface area (Å²) < 4.78 is 1.08. The van der Waals surface area contributed by atoms with Crippen LogP contribution in [0, 0.1) is 0 Å². The fourth-order valence-electron chi connectivity index (χ4n) is 1.44. The topological polar surface area (TPSA) is 0 Å². The van der Waals surface area contributed by atoms with Crippen LogP contribution in [0.3, 0.4) is 0 Å². The standard InChI is InChI=1S/C12H10BrClS/c13-11-3-1-2-10(7-11)12(14)6-9-4-5-15-8-9/h1-5,7-8,12H,6H2. The van der Waals surface area contributed by atoms with Crippen LogP contribution in [0.4, 0.5) is 0 Å². The van der Waals surface area contributed by atoms with Crippen LogP contribution in [0.5, 0.6) is 0 Å². The molecule has 0 fully saturated rings. The molecule has 0 aliphatic heterocycles. The van der Waals surface area contributed by atoms with Gasteiger partial charge in [-0.1, -0.05) is 28.1 Å². The Hall–Kier alpha value is -0.310. The second-order valence-corrected chi connectivity index (χ2v) is 5.58. The second kappa shape index (κ2) is 5.15. The van der Waals surface area contributed by atoms with Gasteiger partial charge >= 0.3 is 0 Å². The normalized spacial score (nSPS) is 12.7. The van der Waals surface area contributed by atoms with Gasteiger partial charge in [0.05, 0.1) is 5.38 Å². The molecule has 0 saturated heterocycles. The lowest BCUT2D eigenvalue weighted by Gasteiger charge is -2.08. The molecular weight excluding hydrogens is 292 g/mol. The number of alkyl halides is 1. The highest BCUT2D eigenvalue weighted by Crippen LogP contribution is 2.27. The average molecular weight is 302 g/mol. The molecule has 0 aliphatic carbocycles. The van der Waals surface area contributed by atoms with Gasteiger partial charge in [-0.05, 0) is 46.5 Å². The second-order valence-electron chi connectivity index (χ2n) is 3.36. The summed E-state index contributed by atoms with van der Waals surface area (Å²) in [5.74, 6) is 0. The lowest BCUT2D eigenvalue weighted by Crippen LogP contribution is -1.94. The molecule has 1 unspecified atom stereocenters. The van der Waals surface area contributed by atoms with Crippen molar-refractivity contribution in [2.24, 2.45) is 0 Å². The van der Waals surface area contributed by atoms with E-state index in [4.69, 9.17) is 11.6 Å². The van der Waals surface area contributed by atoms with Crippen molar-refractivity contribution in [3.05, 3.63) is 56.7 Å². The van der Waals surface area contributed by atoms with Crippen LogP contribution in [0.1, 0.15) is 16.5 Å². The molecule has 1 atom stereocenters. The number of rotatable bonds is 3. The maximum absolute atomic E-state index is 6.35. The molecule has 3 heteroatoms. The summed E-state index contributed by atoms with van der Waals surface area (Å²) in [4.78, 5) is 0. The number of benzene rings is 1. The molecule has 0 nitrogen and oxygen atoms in total. The van der Waals surface area contributed by atoms with Gasteiger partial charge in [0.1, 0.15) is 0 Å². The lowest BCUT2D eigenvalue weighted by atomic mass is 10.1. The Morgan fingerprint density at radius 1 is 1.33 bits per heavy atom. The van der Waals surface area contributed by atoms with Gasteiger partial charge in [0, 0.05) is 4.47 Å². The molecule has 78 valence electrons. The Morgan fingerprint density at radius 3 is 2.87 bits per heavy atom. The molecule has 15 heavy (non-hydrogen) atoms. The molecule has 1 aromatic heterocycles. The van der Waals surface area contributed by atoms with Crippen molar-refractivity contribution in [2.45, 2.75) is 11.8 Å². The van der Waals surface area contributed by atoms with E-state index in [2.05, 4.69) is 44.9 Å². The van der Waals surface area contributed by atoms with Crippen molar-refractivity contribution in [3.8, 4) is 0 Å². The predicted octanol–water partition coefficient (Wildman–Crippen LogP) is 5.03. The van der Waals surface area contributed by atoms with Crippen LogP contribution in [-0.4, -0.2) is 0 Å². The minimum Gasteiger partial charge on any atom is -0.152 e. The monoisotopic (exact) mass is 300 g/mol. The van der Waals surface area contributed by atoms with Crippen molar-refractivity contribution < 1.29 is 0 Å². The van der Waals surface area contributed by atoms with Crippen molar-refractivity contribution in [1.82, 2.24) is 0 Å². The van der Waals surface area contributed by atoms with E-state index in [-0.39, 0.29) is 5.38 Å². The van der Waals surface area contributed by atoms with E-state index in [1.54, 1.807) is 11.3 Å². The third-order valence-electron chi connectivity index (χ3n) is 2.21. The SMILES string of the molecule is ClC(Cc1ccsc1)c1cccc(Br)c1. The van der Waals surface area contributed by atoms with Gasteiger partial charge in [-0.2, -0.15) is 11.3 Å². The van der Waals surface area contributed by atoms with Crippen molar-refractivity contribution in [2.75, 3.05) is 0 Å². The maximum atomic E-state index is 6.35. The first-order chi connectivity index (χ1) is 7.25. The minimum absolute atomic E-state index is 0.0529. The highest BCUT2D eigenvalue weighted by molar-refractivity contribution is 9.10. The van der Waals surface area contributed by atoms with Crippen LogP contribution >= 0.6 is 38.9 Å². The first-order valence-corrected chi connectivity index (χ1v) is 6.83. The number of thiophene rings is 1. The molecule has 2 aromatic rings. The third kappa shape index (κ3) is 3.07. The van der Waals surface area contributed by atoms with E-state index in [0.717, 1.165) is 16.5 Å². The summed E-state index contributed by atoms with van der Waals surface area (Å²) >= 11 is 11.5. The van der Waals surface area contributed by atoms with Gasteiger partial charge in [-0.3, -0.25) is 0 Å². The molecule has 0 aliphatic rings. The Bertz CT molecular complexity index is 425. The highest BCUT2D eigenvalue weighted by Gasteiger charge is 2.09. The molecule has 0 bridgehead atoms. The molecule has 0 spiro atoms. The molecule has 1 aromatic carbocycles. The van der Waals surface area contributed by atoms with Gasteiger partial charge in [-0.25, -0.2) is 0 Å². The smallest absolute Gasteiger partial charge is 0.0626 e. The number of hydrogen-bond acceptors (Lipinski definition) is 1. The van der Waals surface area contributed by atoms with Crippen LogP contribution < -0.4 is 0 Å². The van der Waals surface area contributed by atoms with E-state index in [1.807, 2.05) is 12.1 Å². The first-order valence-electron chi connectivity index (χ1n) is 4.66. The van der Waals surface area contributed by atoms with Gasteiger partial charge in [0.15, 0.2) is 0 Å². The Morgan fingerprint density at radius 2 is 2.20 bits per heavy atom. The van der Waals surface area contributed by atoms with Crippen molar-refractivity contribution in [1.29, 1.82) is 0 Å². The van der Waals surface area contributed by atoms with Crippen LogP contribution in [-0.2, 0) is 6.42 Å². The van der Waals surface area contributed by atoms with E-state index in [9.17, 15) is 0 Å². The van der Waals surface area contributed by atoms with E-state index in [1.165, 1.54) is 5.56 Å². The molecule has 0 N–H and O–H groups in total. The van der Waals surface area contributed by atoms with Gasteiger partial charge in [-0.15, -0.1) is 11.6 Å². The summed E-state index contributed by atoms with van der Waals surface area (Å²) in [6.45, 7) is 0. The number of halogens is 2. The Kier molecular flexibility index (Phi) is 3.84. The zero-order valence-corrected chi connectivity index (χ0v) is 11.1. The summed E-state index contributed by atoms with van der Waals surface area (Å²) in [5.41, 5.74) is 2.47. The van der Waals surface area contributed by atoms with Gasteiger partial charge in [0.2, 0.25) is 0 Å². The first kappa shape index (κ1) is 11.2. The summed E-state index contributed by atoms with van der Waals surface area (Å²) in [5, 5.41) is 4.28. The largest absolute Gasteiger partial charge is 0.152 e. The fourth-order valence-corrected chi connectivity index (χ4v) is 2.85. The third-order valence-corrected chi connectivity index (χ3v) is 3.84. The van der Waals surface area contributed by atoms with E-state index < -0.39 is 0 Å². The summed E-state index contributed by atoms with van der Waals surface area (Å²) in [7, 11) is 0. The molecule has 0 amide bonds. The zero-order chi connectivity index (χ0) is 10.7. The summed E-state index contributed by atoms with van der Waals surface area (Å²) in [6, 6.07) is 10.3. The predicted molar refractivity (Wildman–Crippen MR) is 70.8 cm³/mol. The van der Waals surface area contributed by atoms with Crippen molar-refractivity contribution in [3.63, 3.8) is 0 Å². The maximum Gasteiger partial charge on any atom is 0.0626 e. The Balaban J connectivity index is 2.11. The van der Waals surface area contributed by atoms with Crippen molar-refractivity contribution >= 4 is 38.9 Å². The molecule has 0 saturated carbocycles. The van der Waals surface area contributed by atoms with Gasteiger partial charge < -0.3 is 0 Å². The molecule has 1 heterocycles. The number of hydrogen-bond donors (Lipinski definition) is 0. The van der Waals surface area contributed by atoms with E-state index >= 15 is 0 Å². The van der Waals surface area contributed by atoms with E-state index in [0.29, 0.717) is 0 Å². The summed E-state index contributed by atoms with van der Waals surface area (Å²) in [6.07, 6.45) is 0.890. The molecule has 0 radical (unpaired) electrons. The van der Waals surface area contributed by atoms with Crippen LogP contribution in [0.2, 0.25) is 0 Å². The Labute approximate surface area is 107 Å². The minimum atomic E-state index is 0.0529. The molecule has 2 rings (SSSR count). The zero-order valence-electron chi connectivity index (χ0n) is 7.99. The quantitative estimate of drug-likeness (QED) is 0.697. The van der Waals surface area contributed by atoms with Gasteiger partial charge in [0.25, 0.3) is 0 Å². The lowest BCUT2D eigenvalue weighted by molar-refractivity contribution is 0.923. The fraction of sp³-hybridized carbons (Fsp3) is 0.167. The van der Waals surface area contributed by atoms with Crippen LogP contribution in [0.25, 0.3) is 0 Å².